The van der Waals surface area contributed by atoms with Gasteiger partial charge in [0.05, 0.1) is 14.2 Å². The molecule has 0 aliphatic heterocycles. The molecule has 0 saturated heterocycles. The first-order valence-electron chi connectivity index (χ1n) is 11.2. The van der Waals surface area contributed by atoms with Gasteiger partial charge >= 0.3 is 0 Å². The monoisotopic (exact) mass is 525 g/mol. The summed E-state index contributed by atoms with van der Waals surface area (Å²) in [5.74, 6) is 0.933. The lowest BCUT2D eigenvalue weighted by Crippen LogP contribution is -2.32. The van der Waals surface area contributed by atoms with Crippen molar-refractivity contribution in [2.24, 2.45) is 0 Å². The van der Waals surface area contributed by atoms with Gasteiger partial charge in [0.15, 0.2) is 11.6 Å². The highest BCUT2D eigenvalue weighted by Gasteiger charge is 2.33. The Bertz CT molecular complexity index is 1480. The summed E-state index contributed by atoms with van der Waals surface area (Å²) in [6.07, 6.45) is 4.80. The van der Waals surface area contributed by atoms with Crippen molar-refractivity contribution in [3.8, 4) is 28.6 Å². The second kappa shape index (κ2) is 10.5. The molecule has 2 atom stereocenters. The third kappa shape index (κ3) is 5.22. The predicted octanol–water partition coefficient (Wildman–Crippen LogP) is 2.62. The molecule has 194 valence electrons. The summed E-state index contributed by atoms with van der Waals surface area (Å²) in [7, 11) is -1.25. The average Bonchev–Trinajstić information content (AvgIpc) is 3.29. The molecule has 2 N–H and O–H groups in total. The van der Waals surface area contributed by atoms with E-state index in [-0.39, 0.29) is 11.8 Å². The third-order valence-electron chi connectivity index (χ3n) is 5.65. The number of aliphatic hydroxyl groups excluding tert-OH is 1. The van der Waals surface area contributed by atoms with Crippen molar-refractivity contribution in [3.05, 3.63) is 66.0 Å². The van der Waals surface area contributed by atoms with E-state index < -0.39 is 21.4 Å². The molecule has 0 saturated carbocycles. The Balaban J connectivity index is 1.83. The number of aromatic nitrogens is 6. The molecule has 13 heteroatoms. The smallest absolute Gasteiger partial charge is 0.243 e. The minimum atomic E-state index is -4.22. The highest BCUT2D eigenvalue weighted by Crippen LogP contribution is 2.38. The number of benzene rings is 1. The van der Waals surface area contributed by atoms with E-state index in [2.05, 4.69) is 29.9 Å². The van der Waals surface area contributed by atoms with Gasteiger partial charge in [0.2, 0.25) is 16.0 Å². The van der Waals surface area contributed by atoms with Crippen LogP contribution in [0.2, 0.25) is 0 Å². The summed E-state index contributed by atoms with van der Waals surface area (Å²) >= 11 is 0. The molecule has 37 heavy (non-hydrogen) atoms. The van der Waals surface area contributed by atoms with Crippen LogP contribution in [0, 0.1) is 13.8 Å². The Kier molecular flexibility index (Phi) is 7.36. The van der Waals surface area contributed by atoms with Gasteiger partial charge in [-0.25, -0.2) is 18.4 Å². The van der Waals surface area contributed by atoms with Gasteiger partial charge in [-0.2, -0.15) is 0 Å². The van der Waals surface area contributed by atoms with Crippen LogP contribution in [0.1, 0.15) is 30.0 Å². The minimum absolute atomic E-state index is 0.0112. The molecule has 0 bridgehead atoms. The van der Waals surface area contributed by atoms with Crippen LogP contribution >= 0.6 is 0 Å². The molecule has 12 nitrogen and oxygen atoms in total. The van der Waals surface area contributed by atoms with Crippen molar-refractivity contribution in [2.75, 3.05) is 18.9 Å². The zero-order valence-electron chi connectivity index (χ0n) is 20.9. The van der Waals surface area contributed by atoms with E-state index in [1.165, 1.54) is 38.1 Å². The molecule has 0 spiro atoms. The van der Waals surface area contributed by atoms with Crippen molar-refractivity contribution >= 4 is 16.0 Å². The van der Waals surface area contributed by atoms with Crippen molar-refractivity contribution in [3.63, 3.8) is 0 Å². The molecule has 0 aliphatic rings. The van der Waals surface area contributed by atoms with E-state index in [1.807, 2.05) is 13.0 Å². The zero-order chi connectivity index (χ0) is 26.7. The van der Waals surface area contributed by atoms with Crippen molar-refractivity contribution in [1.29, 1.82) is 0 Å². The summed E-state index contributed by atoms with van der Waals surface area (Å²) in [6, 6.07) is 6.99. The lowest BCUT2D eigenvalue weighted by molar-refractivity contribution is 0.166. The lowest BCUT2D eigenvalue weighted by Gasteiger charge is -2.21. The molecule has 1 aromatic carbocycles. The van der Waals surface area contributed by atoms with Crippen LogP contribution in [0.5, 0.6) is 11.5 Å². The number of nitrogens with zero attached hydrogens (tertiary/aromatic N) is 6. The fraction of sp³-hybridized carbons (Fsp3) is 0.292. The number of hydrogen-bond donors (Lipinski definition) is 2. The number of aryl methyl sites for hydroxylation is 2. The molecule has 0 amide bonds. The number of anilines is 1. The molecule has 0 unspecified atom stereocenters. The van der Waals surface area contributed by atoms with E-state index in [9.17, 15) is 13.5 Å². The molecule has 4 rings (SSSR count). The largest absolute Gasteiger partial charge is 0.494 e. The number of para-hydroxylation sites is 1. The Morgan fingerprint density at radius 1 is 0.973 bits per heavy atom. The van der Waals surface area contributed by atoms with Crippen molar-refractivity contribution in [2.45, 2.75) is 32.1 Å². The van der Waals surface area contributed by atoms with Crippen molar-refractivity contribution in [1.82, 2.24) is 29.7 Å². The van der Waals surface area contributed by atoms with Crippen LogP contribution in [-0.4, -0.2) is 62.7 Å². The summed E-state index contributed by atoms with van der Waals surface area (Å²) in [5, 5.41) is 17.8. The Labute approximate surface area is 214 Å². The summed E-state index contributed by atoms with van der Waals surface area (Å²) in [5.41, 5.74) is 2.62. The topological polar surface area (TPSA) is 154 Å². The molecule has 3 heterocycles. The number of methoxy groups -OCH3 is 2. The molecular weight excluding hydrogens is 498 g/mol. The SMILES string of the molecule is COc1cccc(OC)c1-n1c(NS(=O)(=O)[C@H](C)[C@@H](O)c2ncc(C)cn2)nnc1-c1cncc(C)c1. The van der Waals surface area contributed by atoms with Gasteiger partial charge in [0.25, 0.3) is 0 Å². The van der Waals surface area contributed by atoms with Gasteiger partial charge in [0.1, 0.15) is 28.5 Å². The molecule has 0 aliphatic carbocycles. The average molecular weight is 526 g/mol. The van der Waals surface area contributed by atoms with Gasteiger partial charge in [-0.15, -0.1) is 10.2 Å². The number of nitrogens with one attached hydrogen (secondary N) is 1. The Morgan fingerprint density at radius 3 is 2.22 bits per heavy atom. The number of rotatable bonds is 9. The third-order valence-corrected chi connectivity index (χ3v) is 7.36. The summed E-state index contributed by atoms with van der Waals surface area (Å²) in [4.78, 5) is 12.3. The maximum absolute atomic E-state index is 13.4. The zero-order valence-corrected chi connectivity index (χ0v) is 21.8. The molecule has 0 fully saturated rings. The standard InChI is InChI=1S/C24H27N7O5S/c1-14-9-17(13-25-10-14)23-28-29-24(31(23)20-18(35-4)7-6-8-19(20)36-5)30-37(33,34)16(3)21(32)22-26-11-15(2)12-27-22/h6-13,16,21,32H,1-5H3,(H,29,30)/t16-,21-/m1/s1. The van der Waals surface area contributed by atoms with Crippen LogP contribution < -0.4 is 14.2 Å². The Hall–Kier alpha value is -4.10. The van der Waals surface area contributed by atoms with Crippen LogP contribution in [-0.2, 0) is 10.0 Å². The summed E-state index contributed by atoms with van der Waals surface area (Å²) < 4.78 is 41.8. The Morgan fingerprint density at radius 2 is 1.62 bits per heavy atom. The van der Waals surface area contributed by atoms with E-state index in [0.717, 1.165) is 11.1 Å². The van der Waals surface area contributed by atoms with Crippen LogP contribution in [0.25, 0.3) is 17.1 Å². The van der Waals surface area contributed by atoms with Gasteiger partial charge in [0, 0.05) is 30.4 Å². The fourth-order valence-electron chi connectivity index (χ4n) is 3.63. The molecule has 0 radical (unpaired) electrons. The van der Waals surface area contributed by atoms with Crippen LogP contribution in [0.4, 0.5) is 5.95 Å². The first-order chi connectivity index (χ1) is 17.7. The van der Waals surface area contributed by atoms with E-state index >= 15 is 0 Å². The van der Waals surface area contributed by atoms with Gasteiger partial charge in [-0.3, -0.25) is 14.3 Å². The minimum Gasteiger partial charge on any atom is -0.494 e. The number of aliphatic hydroxyl groups is 1. The summed E-state index contributed by atoms with van der Waals surface area (Å²) in [6.45, 7) is 5.02. The highest BCUT2D eigenvalue weighted by molar-refractivity contribution is 7.93. The molecule has 3 aromatic heterocycles. The van der Waals surface area contributed by atoms with Crippen LogP contribution in [0.3, 0.4) is 0 Å². The van der Waals surface area contributed by atoms with Crippen LogP contribution in [0.15, 0.2) is 49.1 Å². The maximum Gasteiger partial charge on any atom is 0.243 e. The number of hydrogen-bond acceptors (Lipinski definition) is 10. The quantitative estimate of drug-likeness (QED) is 0.333. The number of ether oxygens (including phenoxy) is 2. The normalized spacial score (nSPS) is 13.1. The number of sulfonamides is 1. The second-order valence-electron chi connectivity index (χ2n) is 8.36. The number of pyridine rings is 1. The van der Waals surface area contributed by atoms with Gasteiger partial charge < -0.3 is 14.6 Å². The molecule has 4 aromatic rings. The first-order valence-corrected chi connectivity index (χ1v) is 12.8. The van der Waals surface area contributed by atoms with E-state index in [4.69, 9.17) is 9.47 Å². The maximum atomic E-state index is 13.4. The predicted molar refractivity (Wildman–Crippen MR) is 136 cm³/mol. The van der Waals surface area contributed by atoms with Gasteiger partial charge in [-0.1, -0.05) is 6.07 Å². The van der Waals surface area contributed by atoms with Crippen molar-refractivity contribution < 1.29 is 23.0 Å². The second-order valence-corrected chi connectivity index (χ2v) is 10.4. The highest BCUT2D eigenvalue weighted by atomic mass is 32.2. The fourth-order valence-corrected chi connectivity index (χ4v) is 4.67. The van der Waals surface area contributed by atoms with E-state index in [1.54, 1.807) is 37.5 Å². The lowest BCUT2D eigenvalue weighted by atomic mass is 10.2. The first kappa shape index (κ1) is 26.0. The van der Waals surface area contributed by atoms with Gasteiger partial charge in [-0.05, 0) is 50.1 Å². The van der Waals surface area contributed by atoms with E-state index in [0.29, 0.717) is 28.6 Å². The molecular formula is C24H27N7O5S.